The van der Waals surface area contributed by atoms with Gasteiger partial charge in [-0.2, -0.15) is 0 Å². The number of anilines is 1. The van der Waals surface area contributed by atoms with Crippen LogP contribution in [0.4, 0.5) is 5.82 Å². The van der Waals surface area contributed by atoms with Gasteiger partial charge in [0.25, 0.3) is 0 Å². The van der Waals surface area contributed by atoms with Crippen molar-refractivity contribution in [3.05, 3.63) is 24.2 Å². The second kappa shape index (κ2) is 3.61. The van der Waals surface area contributed by atoms with Crippen LogP contribution >= 0.6 is 0 Å². The van der Waals surface area contributed by atoms with E-state index in [0.717, 1.165) is 0 Å². The number of carboxylic acid groups (broad SMARTS) is 1. The number of aromatic carboxylic acids is 1. The van der Waals surface area contributed by atoms with Crippen LogP contribution in [0.3, 0.4) is 0 Å². The predicted molar refractivity (Wildman–Crippen MR) is 55.6 cm³/mol. The van der Waals surface area contributed by atoms with Crippen molar-refractivity contribution >= 4 is 11.8 Å². The Morgan fingerprint density at radius 1 is 1.50 bits per heavy atom. The molecule has 2 aromatic rings. The fourth-order valence-electron chi connectivity index (χ4n) is 1.25. The molecule has 0 aliphatic heterocycles. The van der Waals surface area contributed by atoms with Gasteiger partial charge in [-0.3, -0.25) is 0 Å². The molecule has 16 heavy (non-hydrogen) atoms. The highest BCUT2D eigenvalue weighted by molar-refractivity contribution is 5.92. The van der Waals surface area contributed by atoms with Crippen molar-refractivity contribution in [3.63, 3.8) is 0 Å². The van der Waals surface area contributed by atoms with E-state index in [4.69, 9.17) is 10.8 Å². The Morgan fingerprint density at radius 2 is 2.25 bits per heavy atom. The summed E-state index contributed by atoms with van der Waals surface area (Å²) in [7, 11) is 1.78. The number of rotatable bonds is 2. The molecule has 0 radical (unpaired) electrons. The topological polar surface area (TPSA) is 107 Å². The number of aryl methyl sites for hydroxylation is 1. The van der Waals surface area contributed by atoms with Crippen molar-refractivity contribution in [3.8, 4) is 11.6 Å². The molecule has 0 aliphatic rings. The molecule has 0 bridgehead atoms. The van der Waals surface area contributed by atoms with Crippen LogP contribution in [0.2, 0.25) is 0 Å². The zero-order valence-electron chi connectivity index (χ0n) is 8.45. The van der Waals surface area contributed by atoms with E-state index in [1.807, 2.05) is 0 Å². The van der Waals surface area contributed by atoms with Crippen molar-refractivity contribution in [2.24, 2.45) is 7.05 Å². The number of aromatic nitrogens is 4. The summed E-state index contributed by atoms with van der Waals surface area (Å²) >= 11 is 0. The summed E-state index contributed by atoms with van der Waals surface area (Å²) in [6.07, 6.45) is 4.51. The maximum atomic E-state index is 10.7. The maximum absolute atomic E-state index is 10.7. The van der Waals surface area contributed by atoms with E-state index in [9.17, 15) is 4.79 Å². The standard InChI is InChI=1S/C9H9N5O2/c1-14-3-2-11-8(14)7-12-4-5(9(15)16)6(10)13-7/h2-4H,1H3,(H,15,16)(H2,10,12,13). The summed E-state index contributed by atoms with van der Waals surface area (Å²) in [6, 6.07) is 0. The van der Waals surface area contributed by atoms with E-state index < -0.39 is 5.97 Å². The number of carboxylic acids is 1. The molecule has 0 saturated heterocycles. The van der Waals surface area contributed by atoms with Crippen LogP contribution in [0, 0.1) is 0 Å². The van der Waals surface area contributed by atoms with Crippen molar-refractivity contribution in [2.75, 3.05) is 5.73 Å². The molecule has 0 unspecified atom stereocenters. The molecule has 2 aromatic heterocycles. The van der Waals surface area contributed by atoms with E-state index in [1.54, 1.807) is 24.0 Å². The van der Waals surface area contributed by atoms with Gasteiger partial charge >= 0.3 is 5.97 Å². The first-order chi connectivity index (χ1) is 7.59. The van der Waals surface area contributed by atoms with Gasteiger partial charge < -0.3 is 15.4 Å². The summed E-state index contributed by atoms with van der Waals surface area (Å²) in [4.78, 5) is 22.6. The van der Waals surface area contributed by atoms with Gasteiger partial charge in [0.2, 0.25) is 0 Å². The summed E-state index contributed by atoms with van der Waals surface area (Å²) in [5.74, 6) is -0.386. The number of nitrogens with zero attached hydrogens (tertiary/aromatic N) is 4. The molecule has 2 heterocycles. The number of imidazole rings is 1. The lowest BCUT2D eigenvalue weighted by Gasteiger charge is -2.03. The number of nitrogens with two attached hydrogens (primary N) is 1. The van der Waals surface area contributed by atoms with Gasteiger partial charge in [0.05, 0.1) is 0 Å². The molecule has 0 spiro atoms. The Hall–Kier alpha value is -2.44. The van der Waals surface area contributed by atoms with Crippen LogP contribution in [0.5, 0.6) is 0 Å². The lowest BCUT2D eigenvalue weighted by Crippen LogP contribution is -2.07. The molecule has 0 aliphatic carbocycles. The predicted octanol–water partition coefficient (Wildman–Crippen LogP) is 0.157. The summed E-state index contributed by atoms with van der Waals surface area (Å²) in [5.41, 5.74) is 5.40. The molecule has 0 atom stereocenters. The first-order valence-electron chi connectivity index (χ1n) is 4.43. The van der Waals surface area contributed by atoms with Crippen LogP contribution in [0.15, 0.2) is 18.6 Å². The molecule has 3 N–H and O–H groups in total. The first-order valence-corrected chi connectivity index (χ1v) is 4.43. The van der Waals surface area contributed by atoms with E-state index in [2.05, 4.69) is 15.0 Å². The number of carbonyl (C=O) groups is 1. The normalized spacial score (nSPS) is 10.3. The van der Waals surface area contributed by atoms with E-state index >= 15 is 0 Å². The fraction of sp³-hybridized carbons (Fsp3) is 0.111. The molecule has 82 valence electrons. The lowest BCUT2D eigenvalue weighted by molar-refractivity contribution is 0.0697. The molecule has 0 aromatic carbocycles. The minimum absolute atomic E-state index is 0.0690. The molecule has 0 fully saturated rings. The quantitative estimate of drug-likeness (QED) is 0.744. The van der Waals surface area contributed by atoms with Crippen LogP contribution < -0.4 is 5.73 Å². The van der Waals surface area contributed by atoms with Gasteiger partial charge in [-0.05, 0) is 0 Å². The Balaban J connectivity index is 2.50. The second-order valence-corrected chi connectivity index (χ2v) is 3.16. The fourth-order valence-corrected chi connectivity index (χ4v) is 1.25. The van der Waals surface area contributed by atoms with Gasteiger partial charge in [0.15, 0.2) is 11.6 Å². The molecule has 2 rings (SSSR count). The van der Waals surface area contributed by atoms with Gasteiger partial charge in [0.1, 0.15) is 11.4 Å². The highest BCUT2D eigenvalue weighted by Crippen LogP contribution is 2.15. The molecule has 0 amide bonds. The van der Waals surface area contributed by atoms with Gasteiger partial charge in [-0.25, -0.2) is 19.7 Å². The van der Waals surface area contributed by atoms with Gasteiger partial charge in [0, 0.05) is 25.6 Å². The van der Waals surface area contributed by atoms with Gasteiger partial charge in [-0.1, -0.05) is 0 Å². The smallest absolute Gasteiger partial charge is 0.341 e. The minimum Gasteiger partial charge on any atom is -0.477 e. The largest absolute Gasteiger partial charge is 0.477 e. The number of nitrogen functional groups attached to an aromatic ring is 1. The van der Waals surface area contributed by atoms with Crippen molar-refractivity contribution < 1.29 is 9.90 Å². The third-order valence-corrected chi connectivity index (χ3v) is 2.07. The number of hydrogen-bond acceptors (Lipinski definition) is 5. The Morgan fingerprint density at radius 3 is 2.75 bits per heavy atom. The Labute approximate surface area is 90.6 Å². The highest BCUT2D eigenvalue weighted by Gasteiger charge is 2.13. The van der Waals surface area contributed by atoms with E-state index in [0.29, 0.717) is 11.6 Å². The Kier molecular flexibility index (Phi) is 2.28. The molecule has 0 saturated carbocycles. The maximum Gasteiger partial charge on any atom is 0.341 e. The van der Waals surface area contributed by atoms with Crippen LogP contribution in [-0.4, -0.2) is 30.6 Å². The average Bonchev–Trinajstić information content (AvgIpc) is 2.63. The Bertz CT molecular complexity index is 549. The molecular formula is C9H9N5O2. The summed E-state index contributed by atoms with van der Waals surface area (Å²) < 4.78 is 1.72. The minimum atomic E-state index is -1.15. The average molecular weight is 219 g/mol. The van der Waals surface area contributed by atoms with Crippen LogP contribution in [-0.2, 0) is 7.05 Å². The second-order valence-electron chi connectivity index (χ2n) is 3.16. The van der Waals surface area contributed by atoms with Crippen molar-refractivity contribution in [1.29, 1.82) is 0 Å². The zero-order chi connectivity index (χ0) is 11.7. The van der Waals surface area contributed by atoms with E-state index in [1.165, 1.54) is 6.20 Å². The molecule has 7 heteroatoms. The number of hydrogen-bond donors (Lipinski definition) is 2. The molecular weight excluding hydrogens is 210 g/mol. The highest BCUT2D eigenvalue weighted by atomic mass is 16.4. The van der Waals surface area contributed by atoms with Crippen LogP contribution in [0.25, 0.3) is 11.6 Å². The third-order valence-electron chi connectivity index (χ3n) is 2.07. The van der Waals surface area contributed by atoms with Gasteiger partial charge in [-0.15, -0.1) is 0 Å². The third kappa shape index (κ3) is 1.58. The summed E-state index contributed by atoms with van der Waals surface area (Å²) in [5, 5.41) is 8.76. The van der Waals surface area contributed by atoms with Crippen molar-refractivity contribution in [1.82, 2.24) is 19.5 Å². The zero-order valence-corrected chi connectivity index (χ0v) is 8.45. The SMILES string of the molecule is Cn1ccnc1-c1ncc(C(=O)O)c(N)n1. The first kappa shape index (κ1) is 10.1. The van der Waals surface area contributed by atoms with E-state index in [-0.39, 0.29) is 11.4 Å². The lowest BCUT2D eigenvalue weighted by atomic mass is 10.3. The monoisotopic (exact) mass is 219 g/mol. The van der Waals surface area contributed by atoms with Crippen molar-refractivity contribution in [2.45, 2.75) is 0 Å². The molecule has 7 nitrogen and oxygen atoms in total. The van der Waals surface area contributed by atoms with Crippen LogP contribution in [0.1, 0.15) is 10.4 Å². The summed E-state index contributed by atoms with van der Waals surface area (Å²) in [6.45, 7) is 0.